The molecule has 0 saturated carbocycles. The van der Waals surface area contributed by atoms with Gasteiger partial charge in [-0.3, -0.25) is 0 Å². The number of nitrogens with zero attached hydrogens (tertiary/aromatic N) is 1. The SMILES string of the molecule is CCC(C)(CC)NC(=O)N[C@@H](Cc1cnc[nH]1)C(=O)O. The Bertz CT molecular complexity index is 440. The minimum atomic E-state index is -1.08. The Morgan fingerprint density at radius 3 is 2.55 bits per heavy atom. The second-order valence-corrected chi connectivity index (χ2v) is 5.04. The molecule has 1 atom stereocenters. The van der Waals surface area contributed by atoms with Gasteiger partial charge < -0.3 is 20.7 Å². The van der Waals surface area contributed by atoms with Crippen LogP contribution in [-0.4, -0.2) is 38.7 Å². The molecular weight excluding hydrogens is 260 g/mol. The van der Waals surface area contributed by atoms with Crippen molar-refractivity contribution in [2.45, 2.75) is 51.6 Å². The van der Waals surface area contributed by atoms with Crippen LogP contribution in [0.2, 0.25) is 0 Å². The Hall–Kier alpha value is -2.05. The van der Waals surface area contributed by atoms with Crippen LogP contribution in [0.5, 0.6) is 0 Å². The summed E-state index contributed by atoms with van der Waals surface area (Å²) in [6, 6.07) is -1.46. The molecule has 0 spiro atoms. The van der Waals surface area contributed by atoms with Crippen molar-refractivity contribution in [3.8, 4) is 0 Å². The monoisotopic (exact) mass is 282 g/mol. The van der Waals surface area contributed by atoms with E-state index in [-0.39, 0.29) is 12.0 Å². The zero-order chi connectivity index (χ0) is 15.2. The Labute approximate surface area is 118 Å². The van der Waals surface area contributed by atoms with Crippen molar-refractivity contribution in [2.75, 3.05) is 0 Å². The second kappa shape index (κ2) is 6.93. The number of aromatic amines is 1. The number of carbonyl (C=O) groups is 2. The number of aromatic nitrogens is 2. The third-order valence-corrected chi connectivity index (χ3v) is 3.56. The predicted molar refractivity (Wildman–Crippen MR) is 74.4 cm³/mol. The lowest BCUT2D eigenvalue weighted by Crippen LogP contribution is -2.54. The van der Waals surface area contributed by atoms with Gasteiger partial charge in [0.1, 0.15) is 6.04 Å². The predicted octanol–water partition coefficient (Wildman–Crippen LogP) is 1.28. The molecule has 7 heteroatoms. The molecule has 0 saturated heterocycles. The molecule has 0 radical (unpaired) electrons. The number of aliphatic carboxylic acids is 1. The minimum absolute atomic E-state index is 0.164. The molecule has 0 aromatic carbocycles. The largest absolute Gasteiger partial charge is 0.480 e. The lowest BCUT2D eigenvalue weighted by atomic mass is 9.96. The van der Waals surface area contributed by atoms with Crippen LogP contribution in [0.4, 0.5) is 4.79 Å². The van der Waals surface area contributed by atoms with Crippen LogP contribution in [0.1, 0.15) is 39.3 Å². The van der Waals surface area contributed by atoms with Crippen LogP contribution >= 0.6 is 0 Å². The van der Waals surface area contributed by atoms with Crippen molar-refractivity contribution >= 4 is 12.0 Å². The topological polar surface area (TPSA) is 107 Å². The van der Waals surface area contributed by atoms with Gasteiger partial charge in [-0.1, -0.05) is 13.8 Å². The van der Waals surface area contributed by atoms with Crippen LogP contribution in [0.25, 0.3) is 0 Å². The van der Waals surface area contributed by atoms with Gasteiger partial charge in [-0.15, -0.1) is 0 Å². The summed E-state index contributed by atoms with van der Waals surface area (Å²) in [7, 11) is 0. The van der Waals surface area contributed by atoms with Gasteiger partial charge in [0.25, 0.3) is 0 Å². The van der Waals surface area contributed by atoms with Crippen molar-refractivity contribution in [1.82, 2.24) is 20.6 Å². The summed E-state index contributed by atoms with van der Waals surface area (Å²) in [5.74, 6) is -1.08. The fourth-order valence-corrected chi connectivity index (χ4v) is 1.71. The fraction of sp³-hybridized carbons (Fsp3) is 0.615. The number of nitrogens with one attached hydrogen (secondary N) is 3. The highest BCUT2D eigenvalue weighted by Gasteiger charge is 2.26. The standard InChI is InChI=1S/C13H22N4O3/c1-4-13(3,5-2)17-12(20)16-10(11(18)19)6-9-7-14-8-15-9/h7-8,10H,4-6H2,1-3H3,(H,14,15)(H,18,19)(H2,16,17,20)/t10-/m0/s1. The van der Waals surface area contributed by atoms with E-state index in [4.69, 9.17) is 5.11 Å². The first-order chi connectivity index (χ1) is 9.40. The molecular formula is C13H22N4O3. The second-order valence-electron chi connectivity index (χ2n) is 5.04. The number of rotatable bonds is 7. The van der Waals surface area contributed by atoms with Gasteiger partial charge in [0, 0.05) is 23.9 Å². The van der Waals surface area contributed by atoms with Crippen LogP contribution in [0.3, 0.4) is 0 Å². The highest BCUT2D eigenvalue weighted by Crippen LogP contribution is 2.13. The van der Waals surface area contributed by atoms with E-state index in [1.165, 1.54) is 12.5 Å². The quantitative estimate of drug-likeness (QED) is 0.604. The minimum Gasteiger partial charge on any atom is -0.480 e. The molecule has 0 bridgehead atoms. The highest BCUT2D eigenvalue weighted by atomic mass is 16.4. The summed E-state index contributed by atoms with van der Waals surface area (Å²) in [5.41, 5.74) is 0.327. The van der Waals surface area contributed by atoms with E-state index in [0.717, 1.165) is 12.8 Å². The maximum Gasteiger partial charge on any atom is 0.326 e. The van der Waals surface area contributed by atoms with Crippen LogP contribution in [-0.2, 0) is 11.2 Å². The Balaban J connectivity index is 2.62. The lowest BCUT2D eigenvalue weighted by Gasteiger charge is -2.29. The fourth-order valence-electron chi connectivity index (χ4n) is 1.71. The molecule has 20 heavy (non-hydrogen) atoms. The maximum atomic E-state index is 11.9. The summed E-state index contributed by atoms with van der Waals surface area (Å²) in [4.78, 5) is 29.7. The van der Waals surface area contributed by atoms with E-state index in [1.807, 2.05) is 20.8 Å². The number of carboxylic acids is 1. The van der Waals surface area contributed by atoms with Crippen molar-refractivity contribution < 1.29 is 14.7 Å². The van der Waals surface area contributed by atoms with Crippen molar-refractivity contribution in [1.29, 1.82) is 0 Å². The van der Waals surface area contributed by atoms with Gasteiger partial charge in [0.2, 0.25) is 0 Å². The van der Waals surface area contributed by atoms with Crippen LogP contribution in [0, 0.1) is 0 Å². The van der Waals surface area contributed by atoms with E-state index in [9.17, 15) is 9.59 Å². The van der Waals surface area contributed by atoms with E-state index in [0.29, 0.717) is 5.69 Å². The third-order valence-electron chi connectivity index (χ3n) is 3.56. The summed E-state index contributed by atoms with van der Waals surface area (Å²) < 4.78 is 0. The van der Waals surface area contributed by atoms with Crippen molar-refractivity contribution in [2.24, 2.45) is 0 Å². The third kappa shape index (κ3) is 4.56. The first kappa shape index (κ1) is 16.0. The number of carbonyl (C=O) groups excluding carboxylic acids is 1. The van der Waals surface area contributed by atoms with Gasteiger partial charge in [0.05, 0.1) is 6.33 Å². The van der Waals surface area contributed by atoms with E-state index < -0.39 is 18.0 Å². The molecule has 112 valence electrons. The van der Waals surface area contributed by atoms with Gasteiger partial charge in [-0.2, -0.15) is 0 Å². The summed E-state index contributed by atoms with van der Waals surface area (Å²) >= 11 is 0. The summed E-state index contributed by atoms with van der Waals surface area (Å²) in [6.07, 6.45) is 4.72. The number of hydrogen-bond acceptors (Lipinski definition) is 3. The van der Waals surface area contributed by atoms with Crippen molar-refractivity contribution in [3.05, 3.63) is 18.2 Å². The van der Waals surface area contributed by atoms with Gasteiger partial charge in [-0.25, -0.2) is 14.6 Å². The van der Waals surface area contributed by atoms with E-state index in [2.05, 4.69) is 20.6 Å². The van der Waals surface area contributed by atoms with E-state index >= 15 is 0 Å². The first-order valence-corrected chi connectivity index (χ1v) is 6.69. The van der Waals surface area contributed by atoms with Gasteiger partial charge >= 0.3 is 12.0 Å². The van der Waals surface area contributed by atoms with Crippen LogP contribution < -0.4 is 10.6 Å². The zero-order valence-electron chi connectivity index (χ0n) is 12.1. The normalized spacial score (nSPS) is 12.8. The molecule has 1 heterocycles. The molecule has 4 N–H and O–H groups in total. The molecule has 0 aliphatic rings. The lowest BCUT2D eigenvalue weighted by molar-refractivity contribution is -0.139. The Morgan fingerprint density at radius 2 is 2.10 bits per heavy atom. The summed E-state index contributed by atoms with van der Waals surface area (Å²) in [6.45, 7) is 5.88. The van der Waals surface area contributed by atoms with Gasteiger partial charge in [-0.05, 0) is 19.8 Å². The molecule has 0 aliphatic heterocycles. The molecule has 7 nitrogen and oxygen atoms in total. The molecule has 0 aliphatic carbocycles. The Morgan fingerprint density at radius 1 is 1.45 bits per heavy atom. The number of imidazole rings is 1. The average molecular weight is 282 g/mol. The average Bonchev–Trinajstić information content (AvgIpc) is 2.90. The summed E-state index contributed by atoms with van der Waals surface area (Å²) in [5, 5.41) is 14.5. The number of amides is 2. The van der Waals surface area contributed by atoms with Gasteiger partial charge in [0.15, 0.2) is 0 Å². The van der Waals surface area contributed by atoms with Crippen LogP contribution in [0.15, 0.2) is 12.5 Å². The Kier molecular flexibility index (Phi) is 5.54. The first-order valence-electron chi connectivity index (χ1n) is 6.69. The highest BCUT2D eigenvalue weighted by molar-refractivity contribution is 5.83. The number of carboxylic acid groups (broad SMARTS) is 1. The number of H-pyrrole nitrogens is 1. The molecule has 2 amide bonds. The smallest absolute Gasteiger partial charge is 0.326 e. The number of urea groups is 1. The molecule has 1 aromatic rings. The van der Waals surface area contributed by atoms with E-state index in [1.54, 1.807) is 0 Å². The molecule has 0 fully saturated rings. The maximum absolute atomic E-state index is 11.9. The number of hydrogen-bond donors (Lipinski definition) is 4. The zero-order valence-corrected chi connectivity index (χ0v) is 12.1. The van der Waals surface area contributed by atoms with Crippen molar-refractivity contribution in [3.63, 3.8) is 0 Å². The molecule has 1 rings (SSSR count). The molecule has 0 unspecified atom stereocenters. The molecule has 1 aromatic heterocycles.